The Hall–Kier alpha value is -0.380. The third-order valence-electron chi connectivity index (χ3n) is 3.90. The van der Waals surface area contributed by atoms with Gasteiger partial charge in [0.1, 0.15) is 0 Å². The molecule has 2 unspecified atom stereocenters. The van der Waals surface area contributed by atoms with Gasteiger partial charge < -0.3 is 14.4 Å². The summed E-state index contributed by atoms with van der Waals surface area (Å²) in [6.45, 7) is 8.39. The Morgan fingerprint density at radius 2 is 2.06 bits per heavy atom. The first-order valence-corrected chi connectivity index (χ1v) is 7.37. The third-order valence-corrected chi connectivity index (χ3v) is 3.90. The summed E-state index contributed by atoms with van der Waals surface area (Å²) >= 11 is 0. The fourth-order valence-corrected chi connectivity index (χ4v) is 2.85. The van der Waals surface area contributed by atoms with E-state index in [0.717, 1.165) is 26.0 Å². The van der Waals surface area contributed by atoms with Gasteiger partial charge in [-0.15, -0.1) is 0 Å². The molecule has 0 aromatic carbocycles. The molecule has 0 spiro atoms. The van der Waals surface area contributed by atoms with Crippen molar-refractivity contribution >= 4 is 0 Å². The fourth-order valence-electron chi connectivity index (χ4n) is 2.85. The van der Waals surface area contributed by atoms with Crippen LogP contribution < -0.4 is 0 Å². The summed E-state index contributed by atoms with van der Waals surface area (Å²) in [5.41, 5.74) is 0. The molecule has 0 saturated carbocycles. The van der Waals surface area contributed by atoms with Gasteiger partial charge in [-0.25, -0.2) is 0 Å². The lowest BCUT2D eigenvalue weighted by Crippen LogP contribution is -2.38. The molecule has 0 aliphatic carbocycles. The Kier molecular flexibility index (Phi) is 5.22. The van der Waals surface area contributed by atoms with Gasteiger partial charge in [0, 0.05) is 13.0 Å². The largest absolute Gasteiger partial charge is 0.347 e. The molecular formula is C15H27NO2. The van der Waals surface area contributed by atoms with Crippen LogP contribution >= 0.6 is 0 Å². The minimum atomic E-state index is -0.361. The zero-order valence-electron chi connectivity index (χ0n) is 11.9. The van der Waals surface area contributed by atoms with Crippen LogP contribution in [0.2, 0.25) is 0 Å². The Labute approximate surface area is 111 Å². The average Bonchev–Trinajstić information content (AvgIpc) is 2.73. The first-order chi connectivity index (χ1) is 8.72. The van der Waals surface area contributed by atoms with Gasteiger partial charge >= 0.3 is 0 Å². The summed E-state index contributed by atoms with van der Waals surface area (Å²) < 4.78 is 12.0. The maximum atomic E-state index is 6.10. The summed E-state index contributed by atoms with van der Waals surface area (Å²) in [7, 11) is 0. The van der Waals surface area contributed by atoms with E-state index in [1.54, 1.807) is 0 Å². The fraction of sp³-hybridized carbons (Fsp3) is 0.867. The number of nitrogens with zero attached hydrogens (tertiary/aromatic N) is 1. The average molecular weight is 253 g/mol. The predicted octanol–water partition coefficient (Wildman–Crippen LogP) is 2.96. The van der Waals surface area contributed by atoms with Crippen LogP contribution in [0.1, 0.15) is 46.0 Å². The molecule has 2 fully saturated rings. The van der Waals surface area contributed by atoms with Crippen molar-refractivity contribution in [1.29, 1.82) is 0 Å². The van der Waals surface area contributed by atoms with Crippen LogP contribution in [0, 0.1) is 0 Å². The Balaban J connectivity index is 1.72. The van der Waals surface area contributed by atoms with Crippen molar-refractivity contribution in [2.75, 3.05) is 26.2 Å². The van der Waals surface area contributed by atoms with Gasteiger partial charge in [-0.1, -0.05) is 18.6 Å². The van der Waals surface area contributed by atoms with Crippen molar-refractivity contribution in [1.82, 2.24) is 4.90 Å². The second-order valence-electron chi connectivity index (χ2n) is 5.65. The van der Waals surface area contributed by atoms with E-state index in [-0.39, 0.29) is 11.9 Å². The van der Waals surface area contributed by atoms with Gasteiger partial charge in [0.2, 0.25) is 0 Å². The van der Waals surface area contributed by atoms with Gasteiger partial charge in [-0.3, -0.25) is 0 Å². The number of likely N-dealkylation sites (tertiary alicyclic amines) is 1. The molecule has 0 bridgehead atoms. The highest BCUT2D eigenvalue weighted by molar-refractivity contribution is 4.83. The van der Waals surface area contributed by atoms with Crippen LogP contribution in [0.3, 0.4) is 0 Å². The maximum absolute atomic E-state index is 6.10. The number of ether oxygens (including phenoxy) is 2. The number of rotatable bonds is 5. The quantitative estimate of drug-likeness (QED) is 0.703. The Morgan fingerprint density at radius 3 is 2.78 bits per heavy atom. The topological polar surface area (TPSA) is 21.7 Å². The molecule has 3 nitrogen and oxygen atoms in total. The molecule has 2 aliphatic rings. The van der Waals surface area contributed by atoms with E-state index in [1.165, 1.54) is 32.4 Å². The molecule has 3 heteroatoms. The lowest BCUT2D eigenvalue weighted by molar-refractivity contribution is -0.159. The molecule has 0 N–H and O–H groups in total. The van der Waals surface area contributed by atoms with Gasteiger partial charge in [-0.2, -0.15) is 0 Å². The summed E-state index contributed by atoms with van der Waals surface area (Å²) in [4.78, 5) is 2.52. The van der Waals surface area contributed by atoms with Crippen molar-refractivity contribution in [2.24, 2.45) is 0 Å². The van der Waals surface area contributed by atoms with E-state index >= 15 is 0 Å². The minimum absolute atomic E-state index is 0.263. The second kappa shape index (κ2) is 6.69. The maximum Gasteiger partial charge on any atom is 0.166 e. The number of piperidine rings is 1. The number of hydrogen-bond donors (Lipinski definition) is 0. The highest BCUT2D eigenvalue weighted by Gasteiger charge is 2.37. The lowest BCUT2D eigenvalue weighted by Gasteiger charge is -2.29. The molecule has 2 aliphatic heterocycles. The molecule has 2 atom stereocenters. The van der Waals surface area contributed by atoms with E-state index in [9.17, 15) is 0 Å². The minimum Gasteiger partial charge on any atom is -0.347 e. The van der Waals surface area contributed by atoms with Gasteiger partial charge in [-0.05, 0) is 46.2 Å². The van der Waals surface area contributed by atoms with E-state index in [1.807, 2.05) is 0 Å². The molecule has 2 rings (SSSR count). The third kappa shape index (κ3) is 4.08. The van der Waals surface area contributed by atoms with Gasteiger partial charge in [0.25, 0.3) is 0 Å². The van der Waals surface area contributed by atoms with Crippen molar-refractivity contribution in [2.45, 2.75) is 57.8 Å². The molecule has 2 saturated heterocycles. The molecule has 0 amide bonds. The second-order valence-corrected chi connectivity index (χ2v) is 5.65. The lowest BCUT2D eigenvalue weighted by atomic mass is 10.1. The summed E-state index contributed by atoms with van der Waals surface area (Å²) in [6, 6.07) is 0. The molecule has 0 radical (unpaired) electrons. The van der Waals surface area contributed by atoms with Crippen LogP contribution in [0.15, 0.2) is 12.2 Å². The van der Waals surface area contributed by atoms with E-state index < -0.39 is 0 Å². The normalized spacial score (nSPS) is 34.4. The van der Waals surface area contributed by atoms with Crippen LogP contribution in [0.5, 0.6) is 0 Å². The first kappa shape index (κ1) is 14.0. The monoisotopic (exact) mass is 253 g/mol. The van der Waals surface area contributed by atoms with Crippen molar-refractivity contribution in [3.63, 3.8) is 0 Å². The van der Waals surface area contributed by atoms with Crippen molar-refractivity contribution in [3.05, 3.63) is 12.2 Å². The molecule has 2 heterocycles. The van der Waals surface area contributed by atoms with E-state index in [4.69, 9.17) is 9.47 Å². The van der Waals surface area contributed by atoms with Crippen LogP contribution in [-0.2, 0) is 9.47 Å². The van der Waals surface area contributed by atoms with Crippen LogP contribution in [-0.4, -0.2) is 43.0 Å². The van der Waals surface area contributed by atoms with E-state index in [0.29, 0.717) is 0 Å². The Morgan fingerprint density at radius 1 is 1.28 bits per heavy atom. The predicted molar refractivity (Wildman–Crippen MR) is 73.6 cm³/mol. The highest BCUT2D eigenvalue weighted by atomic mass is 16.7. The smallest absolute Gasteiger partial charge is 0.166 e. The molecule has 104 valence electrons. The SMILES string of the molecule is C/C=C/CCC1(C)OCC(CN2CCCCC2)O1. The molecular weight excluding hydrogens is 226 g/mol. The molecule has 18 heavy (non-hydrogen) atoms. The summed E-state index contributed by atoms with van der Waals surface area (Å²) in [5, 5.41) is 0. The first-order valence-electron chi connectivity index (χ1n) is 7.37. The van der Waals surface area contributed by atoms with Crippen molar-refractivity contribution in [3.8, 4) is 0 Å². The zero-order chi connectivity index (χ0) is 12.8. The molecule has 0 aromatic heterocycles. The Bertz CT molecular complexity index is 274. The van der Waals surface area contributed by atoms with Crippen LogP contribution in [0.4, 0.5) is 0 Å². The highest BCUT2D eigenvalue weighted by Crippen LogP contribution is 2.28. The van der Waals surface area contributed by atoms with Gasteiger partial charge in [0.05, 0.1) is 12.7 Å². The van der Waals surface area contributed by atoms with Gasteiger partial charge in [0.15, 0.2) is 5.79 Å². The number of allylic oxidation sites excluding steroid dienone is 2. The van der Waals surface area contributed by atoms with Crippen molar-refractivity contribution < 1.29 is 9.47 Å². The summed E-state index contributed by atoms with van der Waals surface area (Å²) in [5.74, 6) is -0.361. The van der Waals surface area contributed by atoms with E-state index in [2.05, 4.69) is 30.9 Å². The number of hydrogen-bond acceptors (Lipinski definition) is 3. The summed E-state index contributed by atoms with van der Waals surface area (Å²) in [6.07, 6.45) is 10.6. The standard InChI is InChI=1S/C15H27NO2/c1-3-4-6-9-15(2)17-13-14(18-15)12-16-10-7-5-8-11-16/h3-4,14H,5-13H2,1-2H3/b4-3+. The molecule has 0 aromatic rings. The zero-order valence-corrected chi connectivity index (χ0v) is 11.9. The van der Waals surface area contributed by atoms with Crippen LogP contribution in [0.25, 0.3) is 0 Å².